The lowest BCUT2D eigenvalue weighted by molar-refractivity contribution is 0.0598. The molecule has 5 nitrogen and oxygen atoms in total. The van der Waals surface area contributed by atoms with Crippen LogP contribution in [-0.2, 0) is 4.74 Å². The van der Waals surface area contributed by atoms with E-state index < -0.39 is 11.7 Å². The molecule has 1 heterocycles. The predicted molar refractivity (Wildman–Crippen MR) is 96.5 cm³/mol. The number of carbonyl (C=O) groups is 1. The molecule has 0 saturated heterocycles. The molecule has 0 saturated carbocycles. The van der Waals surface area contributed by atoms with Crippen molar-refractivity contribution in [1.29, 1.82) is 5.26 Å². The largest absolute Gasteiger partial charge is 0.443 e. The molecule has 1 aromatic carbocycles. The van der Waals surface area contributed by atoms with Gasteiger partial charge in [0.2, 0.25) is 0 Å². The van der Waals surface area contributed by atoms with Crippen LogP contribution in [0, 0.1) is 14.9 Å². The molecule has 0 aliphatic heterocycles. The van der Waals surface area contributed by atoms with Gasteiger partial charge in [-0.05, 0) is 73.7 Å². The van der Waals surface area contributed by atoms with Crippen LogP contribution >= 0.6 is 22.6 Å². The molecule has 0 spiro atoms. The second kappa shape index (κ2) is 6.96. The van der Waals surface area contributed by atoms with Gasteiger partial charge >= 0.3 is 6.09 Å². The van der Waals surface area contributed by atoms with Crippen LogP contribution in [0.15, 0.2) is 42.6 Å². The molecule has 0 atom stereocenters. The van der Waals surface area contributed by atoms with Crippen molar-refractivity contribution in [2.45, 2.75) is 26.4 Å². The summed E-state index contributed by atoms with van der Waals surface area (Å²) in [5.74, 6) is 0.256. The SMILES string of the molecule is CC(C)(C)OC(=O)N(c1cccc(I)c1)c1ncccc1C#N. The number of nitrogens with zero attached hydrogens (tertiary/aromatic N) is 3. The van der Waals surface area contributed by atoms with Gasteiger partial charge in [-0.15, -0.1) is 0 Å². The lowest BCUT2D eigenvalue weighted by Gasteiger charge is -2.27. The van der Waals surface area contributed by atoms with E-state index in [1.54, 1.807) is 45.2 Å². The van der Waals surface area contributed by atoms with Crippen molar-refractivity contribution in [3.05, 3.63) is 51.7 Å². The van der Waals surface area contributed by atoms with Crippen molar-refractivity contribution >= 4 is 40.2 Å². The highest BCUT2D eigenvalue weighted by Gasteiger charge is 2.27. The minimum atomic E-state index is -0.654. The lowest BCUT2D eigenvalue weighted by atomic mass is 10.2. The van der Waals surface area contributed by atoms with Crippen molar-refractivity contribution in [1.82, 2.24) is 4.98 Å². The number of rotatable bonds is 2. The smallest absolute Gasteiger partial charge is 0.420 e. The number of ether oxygens (including phenoxy) is 1. The fraction of sp³-hybridized carbons (Fsp3) is 0.235. The molecule has 0 N–H and O–H groups in total. The normalized spacial score (nSPS) is 10.7. The van der Waals surface area contributed by atoms with Crippen molar-refractivity contribution in [2.75, 3.05) is 4.90 Å². The summed E-state index contributed by atoms with van der Waals surface area (Å²) in [4.78, 5) is 18.2. The summed E-state index contributed by atoms with van der Waals surface area (Å²) in [6, 6.07) is 12.7. The first-order chi connectivity index (χ1) is 10.8. The maximum absolute atomic E-state index is 12.7. The van der Waals surface area contributed by atoms with Gasteiger partial charge in [0.1, 0.15) is 11.7 Å². The zero-order chi connectivity index (χ0) is 17.0. The molecule has 0 radical (unpaired) electrons. The Kier molecular flexibility index (Phi) is 5.21. The fourth-order valence-corrected chi connectivity index (χ4v) is 2.43. The quantitative estimate of drug-likeness (QED) is 0.664. The second-order valence-corrected chi connectivity index (χ2v) is 7.03. The van der Waals surface area contributed by atoms with Crippen LogP contribution in [0.4, 0.5) is 16.3 Å². The van der Waals surface area contributed by atoms with E-state index in [2.05, 4.69) is 33.6 Å². The van der Waals surface area contributed by atoms with Gasteiger partial charge in [-0.25, -0.2) is 14.7 Å². The Hall–Kier alpha value is -2.14. The molecular weight excluding hydrogens is 405 g/mol. The van der Waals surface area contributed by atoms with Crippen molar-refractivity contribution < 1.29 is 9.53 Å². The van der Waals surface area contributed by atoms with Gasteiger partial charge in [0.05, 0.1) is 11.3 Å². The topological polar surface area (TPSA) is 66.2 Å². The van der Waals surface area contributed by atoms with Gasteiger partial charge in [-0.3, -0.25) is 0 Å². The molecule has 2 rings (SSSR count). The highest BCUT2D eigenvalue weighted by molar-refractivity contribution is 14.1. The van der Waals surface area contributed by atoms with E-state index in [-0.39, 0.29) is 5.82 Å². The molecule has 0 aliphatic rings. The zero-order valence-corrected chi connectivity index (χ0v) is 15.2. The van der Waals surface area contributed by atoms with Crippen LogP contribution in [0.1, 0.15) is 26.3 Å². The van der Waals surface area contributed by atoms with Crippen LogP contribution < -0.4 is 4.90 Å². The number of amides is 1. The molecule has 0 unspecified atom stereocenters. The summed E-state index contributed by atoms with van der Waals surface area (Å²) in [6.45, 7) is 5.38. The molecule has 6 heteroatoms. The molecule has 1 aromatic heterocycles. The molecule has 0 fully saturated rings. The number of nitriles is 1. The maximum atomic E-state index is 12.7. The Morgan fingerprint density at radius 1 is 1.30 bits per heavy atom. The Morgan fingerprint density at radius 2 is 2.04 bits per heavy atom. The Morgan fingerprint density at radius 3 is 2.65 bits per heavy atom. The van der Waals surface area contributed by atoms with Gasteiger partial charge in [0, 0.05) is 9.77 Å². The number of aromatic nitrogens is 1. The third-order valence-corrected chi connectivity index (χ3v) is 3.43. The number of halogens is 1. The summed E-state index contributed by atoms with van der Waals surface area (Å²) in [5, 5.41) is 9.31. The van der Waals surface area contributed by atoms with Crippen LogP contribution in [0.3, 0.4) is 0 Å². The van der Waals surface area contributed by atoms with E-state index in [4.69, 9.17) is 4.74 Å². The first-order valence-electron chi connectivity index (χ1n) is 6.95. The zero-order valence-electron chi connectivity index (χ0n) is 13.1. The van der Waals surface area contributed by atoms with Crippen molar-refractivity contribution in [2.24, 2.45) is 0 Å². The van der Waals surface area contributed by atoms with Crippen LogP contribution in [0.25, 0.3) is 0 Å². The summed E-state index contributed by atoms with van der Waals surface area (Å²) in [5.41, 5.74) is 0.248. The van der Waals surface area contributed by atoms with E-state index in [1.165, 1.54) is 4.90 Å². The van der Waals surface area contributed by atoms with Crippen molar-refractivity contribution in [3.63, 3.8) is 0 Å². The minimum Gasteiger partial charge on any atom is -0.443 e. The maximum Gasteiger partial charge on any atom is 0.420 e. The van der Waals surface area contributed by atoms with Gasteiger partial charge in [0.25, 0.3) is 0 Å². The molecule has 2 aromatic rings. The Bertz CT molecular complexity index is 763. The van der Waals surface area contributed by atoms with E-state index >= 15 is 0 Å². The molecule has 0 aliphatic carbocycles. The van der Waals surface area contributed by atoms with Gasteiger partial charge in [0.15, 0.2) is 5.82 Å². The van der Waals surface area contributed by atoms with E-state index in [1.807, 2.05) is 18.2 Å². The fourth-order valence-electron chi connectivity index (χ4n) is 1.90. The minimum absolute atomic E-state index is 0.256. The van der Waals surface area contributed by atoms with Crippen molar-refractivity contribution in [3.8, 4) is 6.07 Å². The highest BCUT2D eigenvalue weighted by Crippen LogP contribution is 2.29. The third kappa shape index (κ3) is 4.42. The van der Waals surface area contributed by atoms with E-state index in [9.17, 15) is 10.1 Å². The number of pyridine rings is 1. The van der Waals surface area contributed by atoms with Gasteiger partial charge in [-0.2, -0.15) is 5.26 Å². The number of benzene rings is 1. The predicted octanol–water partition coefficient (Wildman–Crippen LogP) is 4.63. The van der Waals surface area contributed by atoms with Crippen LogP contribution in [-0.4, -0.2) is 16.7 Å². The molecular formula is C17H16IN3O2. The van der Waals surface area contributed by atoms with Crippen LogP contribution in [0.5, 0.6) is 0 Å². The van der Waals surface area contributed by atoms with E-state index in [0.717, 1.165) is 3.57 Å². The summed E-state index contributed by atoms with van der Waals surface area (Å²) in [7, 11) is 0. The van der Waals surface area contributed by atoms with Gasteiger partial charge in [-0.1, -0.05) is 6.07 Å². The molecule has 0 bridgehead atoms. The lowest BCUT2D eigenvalue weighted by Crippen LogP contribution is -2.34. The summed E-state index contributed by atoms with van der Waals surface area (Å²) in [6.07, 6.45) is 0.969. The molecule has 23 heavy (non-hydrogen) atoms. The number of hydrogen-bond donors (Lipinski definition) is 0. The number of anilines is 2. The average Bonchev–Trinajstić information content (AvgIpc) is 2.46. The molecule has 1 amide bonds. The Labute approximate surface area is 149 Å². The first-order valence-corrected chi connectivity index (χ1v) is 8.03. The highest BCUT2D eigenvalue weighted by atomic mass is 127. The monoisotopic (exact) mass is 421 g/mol. The number of carbonyl (C=O) groups excluding carboxylic acids is 1. The Balaban J connectivity index is 2.56. The second-order valence-electron chi connectivity index (χ2n) is 5.78. The third-order valence-electron chi connectivity index (χ3n) is 2.76. The van der Waals surface area contributed by atoms with Crippen LogP contribution in [0.2, 0.25) is 0 Å². The van der Waals surface area contributed by atoms with E-state index in [0.29, 0.717) is 11.3 Å². The first kappa shape index (κ1) is 17.2. The van der Waals surface area contributed by atoms with Gasteiger partial charge < -0.3 is 4.74 Å². The molecule has 118 valence electrons. The standard InChI is InChI=1S/C17H16IN3O2/c1-17(2,3)23-16(22)21(14-8-4-7-13(18)10-14)15-12(11-19)6-5-9-20-15/h4-10H,1-3H3. The summed E-state index contributed by atoms with van der Waals surface area (Å²) < 4.78 is 6.44. The number of hydrogen-bond acceptors (Lipinski definition) is 4. The average molecular weight is 421 g/mol. The summed E-state index contributed by atoms with van der Waals surface area (Å²) >= 11 is 2.16.